The Balaban J connectivity index is 2.81. The van der Waals surface area contributed by atoms with Crippen LogP contribution in [0.1, 0.15) is 0 Å². The summed E-state index contributed by atoms with van der Waals surface area (Å²) in [5.41, 5.74) is -2.69. The monoisotopic (exact) mass is 208 g/mol. The fraction of sp³-hybridized carbons (Fsp3) is 0. The first-order chi connectivity index (χ1) is 7.18. The van der Waals surface area contributed by atoms with E-state index in [0.29, 0.717) is 4.57 Å². The lowest BCUT2D eigenvalue weighted by molar-refractivity contribution is 0.739. The Labute approximate surface area is 80.5 Å². The van der Waals surface area contributed by atoms with Gasteiger partial charge in [0, 0.05) is 0 Å². The highest BCUT2D eigenvalue weighted by Gasteiger charge is 2.07. The normalized spacial score (nSPS) is 10.1. The summed E-state index contributed by atoms with van der Waals surface area (Å²) < 4.78 is 0.586. The topological polar surface area (TPSA) is 126 Å². The van der Waals surface area contributed by atoms with E-state index in [1.165, 1.54) is 0 Å². The lowest BCUT2D eigenvalue weighted by atomic mass is 10.8. The number of rotatable bonds is 1. The molecular weight excluding hydrogens is 204 g/mol. The van der Waals surface area contributed by atoms with Gasteiger partial charge in [0.25, 0.3) is 0 Å². The first-order valence-corrected chi connectivity index (χ1v) is 3.76. The van der Waals surface area contributed by atoms with E-state index in [-0.39, 0.29) is 5.95 Å². The fourth-order valence-corrected chi connectivity index (χ4v) is 0.960. The zero-order valence-electron chi connectivity index (χ0n) is 7.17. The molecule has 2 aromatic rings. The Kier molecular flexibility index (Phi) is 1.97. The van der Waals surface area contributed by atoms with E-state index in [0.717, 1.165) is 12.7 Å². The van der Waals surface area contributed by atoms with Gasteiger partial charge in [0.2, 0.25) is 5.95 Å². The molecule has 0 aliphatic heterocycles. The Morgan fingerprint density at radius 3 is 2.07 bits per heavy atom. The van der Waals surface area contributed by atoms with Gasteiger partial charge in [0.15, 0.2) is 0 Å². The summed E-state index contributed by atoms with van der Waals surface area (Å²) in [5.74, 6) is -0.160. The molecule has 0 amide bonds. The summed E-state index contributed by atoms with van der Waals surface area (Å²) in [6, 6.07) is 0. The minimum atomic E-state index is -0.907. The van der Waals surface area contributed by atoms with Gasteiger partial charge in [-0.2, -0.15) is 4.57 Å². The molecule has 2 heterocycles. The van der Waals surface area contributed by atoms with E-state index in [2.05, 4.69) is 15.0 Å². The second kappa shape index (κ2) is 3.29. The number of aromatic amines is 2. The van der Waals surface area contributed by atoms with Crippen LogP contribution >= 0.6 is 0 Å². The van der Waals surface area contributed by atoms with E-state index in [1.54, 1.807) is 0 Å². The number of nitrogens with one attached hydrogen (secondary N) is 2. The summed E-state index contributed by atoms with van der Waals surface area (Å²) in [5, 5.41) is 0. The number of H-pyrrole nitrogens is 2. The molecule has 0 aromatic carbocycles. The van der Waals surface area contributed by atoms with Crippen molar-refractivity contribution >= 4 is 0 Å². The highest BCUT2D eigenvalue weighted by atomic mass is 16.2. The maximum Gasteiger partial charge on any atom is 0.340 e. The molecule has 0 spiro atoms. The second-order valence-electron chi connectivity index (χ2n) is 2.46. The molecule has 2 N–H and O–H groups in total. The van der Waals surface area contributed by atoms with Gasteiger partial charge in [-0.15, -0.1) is 0 Å². The minimum Gasteiger partial charge on any atom is -0.258 e. The third kappa shape index (κ3) is 1.57. The lowest BCUT2D eigenvalue weighted by Crippen LogP contribution is -2.42. The molecule has 2 rings (SSSR count). The van der Waals surface area contributed by atoms with E-state index < -0.39 is 17.1 Å². The quantitative estimate of drug-likeness (QED) is 0.529. The van der Waals surface area contributed by atoms with Crippen molar-refractivity contribution in [2.75, 3.05) is 0 Å². The Morgan fingerprint density at radius 2 is 1.53 bits per heavy atom. The van der Waals surface area contributed by atoms with Crippen molar-refractivity contribution in [2.45, 2.75) is 0 Å². The largest absolute Gasteiger partial charge is 0.340 e. The van der Waals surface area contributed by atoms with Crippen LogP contribution < -0.4 is 17.1 Å². The van der Waals surface area contributed by atoms with Crippen molar-refractivity contribution in [1.82, 2.24) is 29.5 Å². The Bertz CT molecular complexity index is 604. The van der Waals surface area contributed by atoms with Gasteiger partial charge in [0.1, 0.15) is 12.7 Å². The summed E-state index contributed by atoms with van der Waals surface area (Å²) in [6.45, 7) is 0. The van der Waals surface area contributed by atoms with Crippen LogP contribution in [0.5, 0.6) is 0 Å². The molecule has 2 aromatic heterocycles. The molecule has 0 aliphatic carbocycles. The molecular formula is C6H4N6O3. The summed E-state index contributed by atoms with van der Waals surface area (Å²) in [4.78, 5) is 47.7. The molecule has 76 valence electrons. The molecule has 15 heavy (non-hydrogen) atoms. The van der Waals surface area contributed by atoms with Crippen LogP contribution in [0.3, 0.4) is 0 Å². The highest BCUT2D eigenvalue weighted by molar-refractivity contribution is 5.04. The van der Waals surface area contributed by atoms with Crippen LogP contribution in [0.4, 0.5) is 0 Å². The lowest BCUT2D eigenvalue weighted by Gasteiger charge is -1.98. The van der Waals surface area contributed by atoms with Gasteiger partial charge < -0.3 is 0 Å². The summed E-state index contributed by atoms with van der Waals surface area (Å²) in [6.07, 6.45) is 2.25. The van der Waals surface area contributed by atoms with Gasteiger partial charge in [-0.1, -0.05) is 0 Å². The molecule has 9 heteroatoms. The number of hydrogen-bond donors (Lipinski definition) is 2. The first-order valence-electron chi connectivity index (χ1n) is 3.76. The third-order valence-electron chi connectivity index (χ3n) is 1.53. The van der Waals surface area contributed by atoms with Crippen LogP contribution in [-0.4, -0.2) is 29.5 Å². The van der Waals surface area contributed by atoms with Crippen molar-refractivity contribution in [2.24, 2.45) is 0 Å². The molecule has 9 nitrogen and oxygen atoms in total. The van der Waals surface area contributed by atoms with Gasteiger partial charge in [-0.25, -0.2) is 29.3 Å². The van der Waals surface area contributed by atoms with Crippen LogP contribution in [-0.2, 0) is 0 Å². The summed E-state index contributed by atoms with van der Waals surface area (Å²) >= 11 is 0. The number of hydrogen-bond acceptors (Lipinski definition) is 6. The second-order valence-corrected chi connectivity index (χ2v) is 2.46. The van der Waals surface area contributed by atoms with Crippen LogP contribution in [0.15, 0.2) is 27.0 Å². The predicted octanol–water partition coefficient (Wildman–Crippen LogP) is -2.60. The molecule has 0 fully saturated rings. The van der Waals surface area contributed by atoms with E-state index in [9.17, 15) is 14.4 Å². The van der Waals surface area contributed by atoms with E-state index in [4.69, 9.17) is 0 Å². The molecule has 0 aliphatic rings. The predicted molar refractivity (Wildman–Crippen MR) is 46.7 cm³/mol. The van der Waals surface area contributed by atoms with Crippen molar-refractivity contribution < 1.29 is 0 Å². The van der Waals surface area contributed by atoms with Gasteiger partial charge in [0.05, 0.1) is 0 Å². The zero-order valence-corrected chi connectivity index (χ0v) is 7.17. The van der Waals surface area contributed by atoms with Crippen LogP contribution in [0.25, 0.3) is 5.95 Å². The van der Waals surface area contributed by atoms with Gasteiger partial charge in [-0.05, 0) is 0 Å². The van der Waals surface area contributed by atoms with E-state index >= 15 is 0 Å². The van der Waals surface area contributed by atoms with Gasteiger partial charge >= 0.3 is 17.1 Å². The standard InChI is InChI=1S/C6H4N6O3/c13-4-10-5(14)12(6(15)11-4)3-8-1-7-2-9-3/h1-2H,(H2,10,11,13,14,15). The fourth-order valence-electron chi connectivity index (χ4n) is 0.960. The SMILES string of the molecule is O=c1[nH]c(=O)n(-c2ncncn2)c(=O)[nH]1. The first kappa shape index (κ1) is 8.99. The molecule has 0 atom stereocenters. The Hall–Kier alpha value is -2.58. The smallest absolute Gasteiger partial charge is 0.258 e. The Morgan fingerprint density at radius 1 is 1.00 bits per heavy atom. The maximum atomic E-state index is 11.2. The molecule has 0 unspecified atom stereocenters. The third-order valence-corrected chi connectivity index (χ3v) is 1.53. The highest BCUT2D eigenvalue weighted by Crippen LogP contribution is 1.84. The van der Waals surface area contributed by atoms with Crippen LogP contribution in [0.2, 0.25) is 0 Å². The molecule has 0 radical (unpaired) electrons. The zero-order chi connectivity index (χ0) is 10.8. The number of nitrogens with zero attached hydrogens (tertiary/aromatic N) is 4. The average Bonchev–Trinajstić information content (AvgIpc) is 2.17. The van der Waals surface area contributed by atoms with Crippen molar-refractivity contribution in [3.8, 4) is 5.95 Å². The molecule has 0 saturated carbocycles. The summed E-state index contributed by atoms with van der Waals surface area (Å²) in [7, 11) is 0. The van der Waals surface area contributed by atoms with E-state index in [1.807, 2.05) is 9.97 Å². The van der Waals surface area contributed by atoms with Crippen molar-refractivity contribution in [3.63, 3.8) is 0 Å². The molecule has 0 bridgehead atoms. The van der Waals surface area contributed by atoms with Crippen LogP contribution in [0, 0.1) is 0 Å². The molecule has 0 saturated heterocycles. The van der Waals surface area contributed by atoms with Crippen molar-refractivity contribution in [3.05, 3.63) is 44.1 Å². The minimum absolute atomic E-state index is 0.160. The van der Waals surface area contributed by atoms with Crippen molar-refractivity contribution in [1.29, 1.82) is 0 Å². The van der Waals surface area contributed by atoms with Gasteiger partial charge in [-0.3, -0.25) is 9.97 Å². The average molecular weight is 208 g/mol. The maximum absolute atomic E-state index is 11.2. The number of aromatic nitrogens is 6.